The molecule has 1 saturated heterocycles. The Morgan fingerprint density at radius 2 is 2.00 bits per heavy atom. The molecule has 2 heterocycles. The fourth-order valence-electron chi connectivity index (χ4n) is 2.34. The monoisotopic (exact) mass is 293 g/mol. The quantitative estimate of drug-likeness (QED) is 0.834. The molecule has 1 aliphatic heterocycles. The Morgan fingerprint density at radius 3 is 2.62 bits per heavy atom. The van der Waals surface area contributed by atoms with E-state index in [1.165, 1.54) is 0 Å². The molecule has 0 unspecified atom stereocenters. The SMILES string of the molecule is CCCNc1nc(OCCC)nc(N2CCC(C)(C)C2)n1. The predicted octanol–water partition coefficient (Wildman–Crippen LogP) is 2.72. The van der Waals surface area contributed by atoms with Crippen LogP contribution in [0.2, 0.25) is 0 Å². The van der Waals surface area contributed by atoms with Crippen LogP contribution in [0.15, 0.2) is 0 Å². The Hall–Kier alpha value is -1.59. The molecule has 0 aromatic carbocycles. The summed E-state index contributed by atoms with van der Waals surface area (Å²) in [4.78, 5) is 15.6. The molecule has 21 heavy (non-hydrogen) atoms. The van der Waals surface area contributed by atoms with E-state index in [1.807, 2.05) is 0 Å². The average Bonchev–Trinajstić information content (AvgIpc) is 2.83. The molecule has 6 nitrogen and oxygen atoms in total. The van der Waals surface area contributed by atoms with Crippen molar-refractivity contribution in [3.63, 3.8) is 0 Å². The van der Waals surface area contributed by atoms with E-state index in [0.29, 0.717) is 24.0 Å². The molecule has 0 radical (unpaired) electrons. The van der Waals surface area contributed by atoms with E-state index in [1.54, 1.807) is 0 Å². The Kier molecular flexibility index (Phi) is 5.20. The van der Waals surface area contributed by atoms with Gasteiger partial charge in [0, 0.05) is 19.6 Å². The molecule has 1 aromatic rings. The number of nitrogens with one attached hydrogen (secondary N) is 1. The van der Waals surface area contributed by atoms with Crippen LogP contribution < -0.4 is 15.0 Å². The van der Waals surface area contributed by atoms with Crippen molar-refractivity contribution in [2.45, 2.75) is 47.0 Å². The first-order valence-corrected chi connectivity index (χ1v) is 7.92. The standard InChI is InChI=1S/C15H27N5O/c1-5-8-16-12-17-13(19-14(18-12)21-10-6-2)20-9-7-15(3,4)11-20/h5-11H2,1-4H3,(H,16,17,18,19). The van der Waals surface area contributed by atoms with E-state index >= 15 is 0 Å². The minimum atomic E-state index is 0.314. The van der Waals surface area contributed by atoms with Crippen LogP contribution >= 0.6 is 0 Å². The van der Waals surface area contributed by atoms with E-state index in [2.05, 4.69) is 52.9 Å². The largest absolute Gasteiger partial charge is 0.463 e. The number of anilines is 2. The highest BCUT2D eigenvalue weighted by Crippen LogP contribution is 2.31. The minimum absolute atomic E-state index is 0.314. The summed E-state index contributed by atoms with van der Waals surface area (Å²) in [5, 5.41) is 3.23. The van der Waals surface area contributed by atoms with Crippen molar-refractivity contribution in [2.24, 2.45) is 5.41 Å². The maximum Gasteiger partial charge on any atom is 0.323 e. The zero-order chi connectivity index (χ0) is 15.3. The van der Waals surface area contributed by atoms with Crippen molar-refractivity contribution >= 4 is 11.9 Å². The summed E-state index contributed by atoms with van der Waals surface area (Å²) in [5.74, 6) is 1.33. The summed E-state index contributed by atoms with van der Waals surface area (Å²) in [5.41, 5.74) is 0.314. The summed E-state index contributed by atoms with van der Waals surface area (Å²) in [6.45, 7) is 12.2. The second-order valence-electron chi connectivity index (χ2n) is 6.35. The van der Waals surface area contributed by atoms with Crippen LogP contribution in [0, 0.1) is 5.41 Å². The maximum absolute atomic E-state index is 5.60. The zero-order valence-electron chi connectivity index (χ0n) is 13.6. The van der Waals surface area contributed by atoms with Gasteiger partial charge in [-0.1, -0.05) is 27.7 Å². The van der Waals surface area contributed by atoms with Crippen LogP contribution in [0.4, 0.5) is 11.9 Å². The van der Waals surface area contributed by atoms with E-state index in [0.717, 1.165) is 44.8 Å². The van der Waals surface area contributed by atoms with Gasteiger partial charge >= 0.3 is 6.01 Å². The third-order valence-electron chi connectivity index (χ3n) is 3.53. The molecule has 1 aliphatic rings. The second kappa shape index (κ2) is 6.91. The van der Waals surface area contributed by atoms with Crippen molar-refractivity contribution in [3.8, 4) is 6.01 Å². The van der Waals surface area contributed by atoms with Gasteiger partial charge in [-0.05, 0) is 24.7 Å². The summed E-state index contributed by atoms with van der Waals surface area (Å²) in [6.07, 6.45) is 3.12. The van der Waals surface area contributed by atoms with Gasteiger partial charge in [0.15, 0.2) is 0 Å². The molecule has 0 bridgehead atoms. The van der Waals surface area contributed by atoms with Crippen LogP contribution in [0.1, 0.15) is 47.0 Å². The van der Waals surface area contributed by atoms with Gasteiger partial charge in [0.25, 0.3) is 0 Å². The molecular formula is C15H27N5O. The van der Waals surface area contributed by atoms with Gasteiger partial charge in [0.1, 0.15) is 0 Å². The van der Waals surface area contributed by atoms with Gasteiger partial charge < -0.3 is 15.0 Å². The van der Waals surface area contributed by atoms with Gasteiger partial charge in [0.05, 0.1) is 6.61 Å². The Labute approximate surface area is 127 Å². The Morgan fingerprint density at radius 1 is 1.19 bits per heavy atom. The molecule has 118 valence electrons. The minimum Gasteiger partial charge on any atom is -0.463 e. The van der Waals surface area contributed by atoms with E-state index in [9.17, 15) is 0 Å². The van der Waals surface area contributed by atoms with E-state index in [-0.39, 0.29) is 0 Å². The molecule has 0 atom stereocenters. The Balaban J connectivity index is 2.18. The second-order valence-corrected chi connectivity index (χ2v) is 6.35. The average molecular weight is 293 g/mol. The van der Waals surface area contributed by atoms with Crippen molar-refractivity contribution in [1.82, 2.24) is 15.0 Å². The first kappa shape index (κ1) is 15.8. The molecule has 0 aliphatic carbocycles. The van der Waals surface area contributed by atoms with Gasteiger partial charge in [-0.3, -0.25) is 0 Å². The van der Waals surface area contributed by atoms with Gasteiger partial charge in [0.2, 0.25) is 11.9 Å². The lowest BCUT2D eigenvalue weighted by Crippen LogP contribution is -2.25. The Bertz CT molecular complexity index is 437. The first-order valence-electron chi connectivity index (χ1n) is 7.92. The van der Waals surface area contributed by atoms with Gasteiger partial charge in [-0.25, -0.2) is 0 Å². The number of hydrogen-bond acceptors (Lipinski definition) is 6. The zero-order valence-corrected chi connectivity index (χ0v) is 13.6. The highest BCUT2D eigenvalue weighted by Gasteiger charge is 2.31. The topological polar surface area (TPSA) is 63.2 Å². The number of rotatable bonds is 7. The lowest BCUT2D eigenvalue weighted by atomic mass is 9.93. The first-order chi connectivity index (χ1) is 10.0. The molecule has 1 N–H and O–H groups in total. The van der Waals surface area contributed by atoms with Gasteiger partial charge in [-0.15, -0.1) is 0 Å². The molecule has 1 fully saturated rings. The smallest absolute Gasteiger partial charge is 0.323 e. The normalized spacial score (nSPS) is 17.0. The maximum atomic E-state index is 5.60. The van der Waals surface area contributed by atoms with Crippen molar-refractivity contribution < 1.29 is 4.74 Å². The highest BCUT2D eigenvalue weighted by atomic mass is 16.5. The number of aromatic nitrogens is 3. The molecule has 0 spiro atoms. The summed E-state index contributed by atoms with van der Waals surface area (Å²) < 4.78 is 5.60. The molecule has 0 saturated carbocycles. The fraction of sp³-hybridized carbons (Fsp3) is 0.800. The third-order valence-corrected chi connectivity index (χ3v) is 3.53. The third kappa shape index (κ3) is 4.44. The van der Waals surface area contributed by atoms with Crippen LogP contribution in [0.3, 0.4) is 0 Å². The summed E-state index contributed by atoms with van der Waals surface area (Å²) in [7, 11) is 0. The van der Waals surface area contributed by atoms with Crippen LogP contribution in [0.25, 0.3) is 0 Å². The predicted molar refractivity (Wildman–Crippen MR) is 85.0 cm³/mol. The highest BCUT2D eigenvalue weighted by molar-refractivity contribution is 5.39. The van der Waals surface area contributed by atoms with Crippen LogP contribution in [0.5, 0.6) is 6.01 Å². The van der Waals surface area contributed by atoms with Crippen LogP contribution in [-0.2, 0) is 0 Å². The van der Waals surface area contributed by atoms with E-state index in [4.69, 9.17) is 4.74 Å². The fourth-order valence-corrected chi connectivity index (χ4v) is 2.34. The van der Waals surface area contributed by atoms with Crippen molar-refractivity contribution in [1.29, 1.82) is 0 Å². The number of hydrogen-bond donors (Lipinski definition) is 1. The summed E-state index contributed by atoms with van der Waals surface area (Å²) in [6, 6.07) is 0.421. The lowest BCUT2D eigenvalue weighted by Gasteiger charge is -2.20. The lowest BCUT2D eigenvalue weighted by molar-refractivity contribution is 0.292. The number of nitrogens with zero attached hydrogens (tertiary/aromatic N) is 4. The van der Waals surface area contributed by atoms with Crippen molar-refractivity contribution in [2.75, 3.05) is 36.5 Å². The molecule has 6 heteroatoms. The van der Waals surface area contributed by atoms with Gasteiger partial charge in [-0.2, -0.15) is 15.0 Å². The molecule has 0 amide bonds. The molecule has 1 aromatic heterocycles. The molecular weight excluding hydrogens is 266 g/mol. The number of ether oxygens (including phenoxy) is 1. The molecule has 2 rings (SSSR count). The van der Waals surface area contributed by atoms with E-state index < -0.39 is 0 Å². The summed E-state index contributed by atoms with van der Waals surface area (Å²) >= 11 is 0. The van der Waals surface area contributed by atoms with Crippen LogP contribution in [-0.4, -0.2) is 41.2 Å². The van der Waals surface area contributed by atoms with Crippen molar-refractivity contribution in [3.05, 3.63) is 0 Å².